The molecule has 1 aromatic heterocycles. The van der Waals surface area contributed by atoms with Crippen molar-refractivity contribution >= 4 is 28.5 Å². The molecule has 0 radical (unpaired) electrons. The summed E-state index contributed by atoms with van der Waals surface area (Å²) in [6.07, 6.45) is 2.74. The Labute approximate surface area is 157 Å². The van der Waals surface area contributed by atoms with E-state index >= 15 is 0 Å². The first kappa shape index (κ1) is 17.8. The molecule has 2 fully saturated rings. The van der Waals surface area contributed by atoms with Gasteiger partial charge in [-0.2, -0.15) is 0 Å². The van der Waals surface area contributed by atoms with Crippen molar-refractivity contribution in [3.05, 3.63) is 28.7 Å². The molecule has 1 aromatic carbocycles. The van der Waals surface area contributed by atoms with Crippen molar-refractivity contribution in [2.45, 2.75) is 37.8 Å². The van der Waals surface area contributed by atoms with Crippen LogP contribution in [0, 0.1) is 0 Å². The maximum Gasteiger partial charge on any atom is 0.329 e. The first-order valence-electron chi connectivity index (χ1n) is 9.46. The summed E-state index contributed by atoms with van der Waals surface area (Å²) in [4.78, 5) is 39.0. The van der Waals surface area contributed by atoms with Gasteiger partial charge in [-0.15, -0.1) is 0 Å². The molecule has 2 aliphatic heterocycles. The molecule has 3 heterocycles. The number of aryl methyl sites for hydroxylation is 1. The van der Waals surface area contributed by atoms with Crippen LogP contribution in [0.2, 0.25) is 0 Å². The summed E-state index contributed by atoms with van der Waals surface area (Å²) in [5, 5.41) is 5.68. The van der Waals surface area contributed by atoms with Crippen LogP contribution in [0.15, 0.2) is 23.0 Å². The number of hydrogen-bond acceptors (Lipinski definition) is 5. The predicted molar refractivity (Wildman–Crippen MR) is 103 cm³/mol. The van der Waals surface area contributed by atoms with Crippen molar-refractivity contribution in [1.29, 1.82) is 0 Å². The number of imidazole rings is 1. The topological polar surface area (TPSA) is 88.4 Å². The Morgan fingerprint density at radius 3 is 2.48 bits per heavy atom. The fourth-order valence-corrected chi connectivity index (χ4v) is 4.21. The second kappa shape index (κ2) is 6.84. The van der Waals surface area contributed by atoms with Gasteiger partial charge in [0.2, 0.25) is 11.8 Å². The van der Waals surface area contributed by atoms with Gasteiger partial charge in [0.15, 0.2) is 0 Å². The van der Waals surface area contributed by atoms with E-state index in [-0.39, 0.29) is 18.0 Å². The van der Waals surface area contributed by atoms with Crippen LogP contribution in [0.25, 0.3) is 11.0 Å². The first-order chi connectivity index (χ1) is 13.0. The van der Waals surface area contributed by atoms with E-state index in [0.717, 1.165) is 42.7 Å². The number of amides is 2. The standard InChI is InChI=1S/C19H25N5O3/c1-20-12-7-9-23(10-8-12)13-3-4-14-16(11-13)24(19(27)22(14)2)15-5-6-17(25)21-18(15)26/h3-4,11-12,15,20H,5-10H2,1-2H3,(H,21,25,26). The van der Waals surface area contributed by atoms with Crippen LogP contribution in [0.1, 0.15) is 31.7 Å². The largest absolute Gasteiger partial charge is 0.371 e. The SMILES string of the molecule is CNC1CCN(c2ccc3c(c2)n(C2CCC(=O)NC2=O)c(=O)n3C)CC1. The van der Waals surface area contributed by atoms with Crippen LogP contribution < -0.4 is 21.2 Å². The average molecular weight is 371 g/mol. The molecule has 144 valence electrons. The number of rotatable bonds is 3. The van der Waals surface area contributed by atoms with Gasteiger partial charge < -0.3 is 10.2 Å². The Hall–Kier alpha value is -2.61. The van der Waals surface area contributed by atoms with Gasteiger partial charge in [0.1, 0.15) is 6.04 Å². The van der Waals surface area contributed by atoms with Gasteiger partial charge in [0.25, 0.3) is 0 Å². The molecule has 0 spiro atoms. The molecule has 2 amide bonds. The molecule has 0 bridgehead atoms. The van der Waals surface area contributed by atoms with Gasteiger partial charge in [-0.3, -0.25) is 24.0 Å². The van der Waals surface area contributed by atoms with Crippen LogP contribution in [-0.4, -0.2) is 47.1 Å². The fourth-order valence-electron chi connectivity index (χ4n) is 4.21. The van der Waals surface area contributed by atoms with Crippen LogP contribution >= 0.6 is 0 Å². The molecule has 8 nitrogen and oxygen atoms in total. The number of hydrogen-bond donors (Lipinski definition) is 2. The molecule has 2 saturated heterocycles. The summed E-state index contributed by atoms with van der Waals surface area (Å²) in [7, 11) is 3.71. The zero-order chi connectivity index (χ0) is 19.1. The lowest BCUT2D eigenvalue weighted by Crippen LogP contribution is -2.44. The minimum Gasteiger partial charge on any atom is -0.371 e. The highest BCUT2D eigenvalue weighted by molar-refractivity contribution is 6.00. The average Bonchev–Trinajstić information content (AvgIpc) is 2.92. The Kier molecular flexibility index (Phi) is 4.51. The number of carbonyl (C=O) groups is 2. The molecule has 1 unspecified atom stereocenters. The van der Waals surface area contributed by atoms with Gasteiger partial charge >= 0.3 is 5.69 Å². The third-order valence-corrected chi connectivity index (χ3v) is 5.86. The summed E-state index contributed by atoms with van der Waals surface area (Å²) in [5.74, 6) is -0.682. The third kappa shape index (κ3) is 3.03. The summed E-state index contributed by atoms with van der Waals surface area (Å²) in [5.41, 5.74) is 2.36. The van der Waals surface area contributed by atoms with Gasteiger partial charge in [-0.25, -0.2) is 4.79 Å². The number of benzene rings is 1. The van der Waals surface area contributed by atoms with Crippen molar-refractivity contribution in [1.82, 2.24) is 19.8 Å². The third-order valence-electron chi connectivity index (χ3n) is 5.86. The van der Waals surface area contributed by atoms with E-state index in [9.17, 15) is 14.4 Å². The molecule has 0 aliphatic carbocycles. The van der Waals surface area contributed by atoms with Crippen molar-refractivity contribution in [3.8, 4) is 0 Å². The quantitative estimate of drug-likeness (QED) is 0.768. The lowest BCUT2D eigenvalue weighted by Gasteiger charge is -2.33. The lowest BCUT2D eigenvalue weighted by molar-refractivity contribution is -0.135. The Bertz CT molecular complexity index is 952. The highest BCUT2D eigenvalue weighted by Gasteiger charge is 2.31. The number of imide groups is 1. The molecular formula is C19H25N5O3. The van der Waals surface area contributed by atoms with Crippen LogP contribution in [0.3, 0.4) is 0 Å². The van der Waals surface area contributed by atoms with Gasteiger partial charge in [-0.05, 0) is 44.5 Å². The summed E-state index contributed by atoms with van der Waals surface area (Å²) in [6, 6.07) is 5.88. The number of piperidine rings is 2. The summed E-state index contributed by atoms with van der Waals surface area (Å²) >= 11 is 0. The second-order valence-corrected chi connectivity index (χ2v) is 7.40. The Morgan fingerprint density at radius 2 is 1.81 bits per heavy atom. The second-order valence-electron chi connectivity index (χ2n) is 7.40. The van der Waals surface area contributed by atoms with Crippen molar-refractivity contribution in [2.75, 3.05) is 25.0 Å². The monoisotopic (exact) mass is 371 g/mol. The molecule has 8 heteroatoms. The summed E-state index contributed by atoms with van der Waals surface area (Å²) in [6.45, 7) is 1.90. The smallest absolute Gasteiger partial charge is 0.329 e. The normalized spacial score (nSPS) is 21.7. The Balaban J connectivity index is 1.73. The van der Waals surface area contributed by atoms with E-state index in [1.54, 1.807) is 16.2 Å². The van der Waals surface area contributed by atoms with Crippen molar-refractivity contribution < 1.29 is 9.59 Å². The van der Waals surface area contributed by atoms with Crippen LogP contribution in [-0.2, 0) is 16.6 Å². The maximum atomic E-state index is 12.8. The molecule has 2 N–H and O–H groups in total. The zero-order valence-corrected chi connectivity index (χ0v) is 15.7. The van der Waals surface area contributed by atoms with Gasteiger partial charge in [-0.1, -0.05) is 0 Å². The number of anilines is 1. The fraction of sp³-hybridized carbons (Fsp3) is 0.526. The number of fused-ring (bicyclic) bond motifs is 1. The highest BCUT2D eigenvalue weighted by Crippen LogP contribution is 2.28. The van der Waals surface area contributed by atoms with E-state index < -0.39 is 11.9 Å². The number of carbonyl (C=O) groups excluding carboxylic acids is 2. The van der Waals surface area contributed by atoms with E-state index in [0.29, 0.717) is 12.5 Å². The number of nitrogens with zero attached hydrogens (tertiary/aromatic N) is 3. The number of aromatic nitrogens is 2. The van der Waals surface area contributed by atoms with Crippen molar-refractivity contribution in [2.24, 2.45) is 7.05 Å². The van der Waals surface area contributed by atoms with Gasteiger partial charge in [0, 0.05) is 38.3 Å². The Morgan fingerprint density at radius 1 is 1.07 bits per heavy atom. The molecular weight excluding hydrogens is 346 g/mol. The molecule has 2 aromatic rings. The molecule has 4 rings (SSSR count). The minimum absolute atomic E-state index is 0.231. The van der Waals surface area contributed by atoms with E-state index in [1.165, 1.54) is 0 Å². The molecule has 2 aliphatic rings. The maximum absolute atomic E-state index is 12.8. The van der Waals surface area contributed by atoms with Crippen molar-refractivity contribution in [3.63, 3.8) is 0 Å². The molecule has 27 heavy (non-hydrogen) atoms. The predicted octanol–water partition coefficient (Wildman–Crippen LogP) is 0.506. The molecule has 0 saturated carbocycles. The highest BCUT2D eigenvalue weighted by atomic mass is 16.2. The lowest BCUT2D eigenvalue weighted by atomic mass is 10.0. The van der Waals surface area contributed by atoms with E-state index in [2.05, 4.69) is 15.5 Å². The minimum atomic E-state index is -0.649. The van der Waals surface area contributed by atoms with E-state index in [4.69, 9.17) is 0 Å². The first-order valence-corrected chi connectivity index (χ1v) is 9.46. The summed E-state index contributed by atoms with van der Waals surface area (Å²) < 4.78 is 3.11. The van der Waals surface area contributed by atoms with Crippen LogP contribution in [0.5, 0.6) is 0 Å². The van der Waals surface area contributed by atoms with Crippen LogP contribution in [0.4, 0.5) is 5.69 Å². The molecule has 1 atom stereocenters. The van der Waals surface area contributed by atoms with E-state index in [1.807, 2.05) is 25.2 Å². The van der Waals surface area contributed by atoms with Gasteiger partial charge in [0.05, 0.1) is 11.0 Å². The zero-order valence-electron chi connectivity index (χ0n) is 15.7. The number of nitrogens with one attached hydrogen (secondary N) is 2.